The predicted molar refractivity (Wildman–Crippen MR) is 87.1 cm³/mol. The van der Waals surface area contributed by atoms with Crippen molar-refractivity contribution >= 4 is 17.2 Å². The minimum Gasteiger partial charge on any atom is -0.231 e. The standard InChI is InChI=1S/C18H27N2/c1-3-4-5-6-7-8-9-12-15(2)18-19-16-13-10-11-14-17(16)20-18/h10-11,13-15H,3-9,12H2,1-2H3. The zero-order chi connectivity index (χ0) is 14.2. The number of rotatable bonds is 9. The average Bonchev–Trinajstić information content (AvgIpc) is 2.90. The largest absolute Gasteiger partial charge is 0.231 e. The van der Waals surface area contributed by atoms with Crippen molar-refractivity contribution in [2.45, 2.75) is 65.2 Å². The minimum atomic E-state index is 0.484. The van der Waals surface area contributed by atoms with Crippen molar-refractivity contribution in [2.75, 3.05) is 0 Å². The molecule has 0 spiro atoms. The van der Waals surface area contributed by atoms with Gasteiger partial charge in [0.2, 0.25) is 0 Å². The summed E-state index contributed by atoms with van der Waals surface area (Å²) in [6.45, 7) is 4.52. The lowest BCUT2D eigenvalue weighted by Crippen LogP contribution is -2.16. The van der Waals surface area contributed by atoms with E-state index in [1.807, 2.05) is 24.3 Å². The Morgan fingerprint density at radius 3 is 2.25 bits per heavy atom. The zero-order valence-corrected chi connectivity index (χ0v) is 12.9. The van der Waals surface area contributed by atoms with E-state index in [9.17, 15) is 0 Å². The molecule has 1 aliphatic heterocycles. The number of fused-ring (bicyclic) bond motifs is 1. The third kappa shape index (κ3) is 4.36. The average molecular weight is 271 g/mol. The van der Waals surface area contributed by atoms with Crippen LogP contribution in [0.25, 0.3) is 0 Å². The molecule has 20 heavy (non-hydrogen) atoms. The second kappa shape index (κ2) is 8.08. The van der Waals surface area contributed by atoms with Crippen LogP contribution in [0.5, 0.6) is 0 Å². The highest BCUT2D eigenvalue weighted by atomic mass is 15.1. The molecule has 1 aromatic carbocycles. The Hall–Kier alpha value is -1.31. The summed E-state index contributed by atoms with van der Waals surface area (Å²) < 4.78 is 0. The van der Waals surface area contributed by atoms with Gasteiger partial charge in [-0.1, -0.05) is 70.9 Å². The summed E-state index contributed by atoms with van der Waals surface area (Å²) in [6.07, 6.45) is 10.8. The van der Waals surface area contributed by atoms with Crippen LogP contribution in [0.2, 0.25) is 0 Å². The summed E-state index contributed by atoms with van der Waals surface area (Å²) in [7, 11) is 0. The summed E-state index contributed by atoms with van der Waals surface area (Å²) in [4.78, 5) is 4.64. The summed E-state index contributed by atoms with van der Waals surface area (Å²) in [5.41, 5.74) is 2.07. The maximum Gasteiger partial charge on any atom is 0.132 e. The summed E-state index contributed by atoms with van der Waals surface area (Å²) >= 11 is 0. The Morgan fingerprint density at radius 1 is 0.900 bits per heavy atom. The van der Waals surface area contributed by atoms with Crippen molar-refractivity contribution in [1.29, 1.82) is 0 Å². The lowest BCUT2D eigenvalue weighted by molar-refractivity contribution is 0.546. The molecule has 0 N–H and O–H groups in total. The molecular weight excluding hydrogens is 244 g/mol. The Kier molecular flexibility index (Phi) is 6.10. The highest BCUT2D eigenvalue weighted by Crippen LogP contribution is 2.32. The van der Waals surface area contributed by atoms with Crippen molar-refractivity contribution < 1.29 is 0 Å². The molecule has 1 heterocycles. The second-order valence-electron chi connectivity index (χ2n) is 5.88. The number of para-hydroxylation sites is 2. The van der Waals surface area contributed by atoms with Crippen LogP contribution >= 0.6 is 0 Å². The molecule has 0 saturated carbocycles. The number of hydrogen-bond donors (Lipinski definition) is 0. The Bertz CT molecular complexity index is 437. The van der Waals surface area contributed by atoms with Crippen LogP contribution in [0.15, 0.2) is 29.3 Å². The van der Waals surface area contributed by atoms with Crippen molar-refractivity contribution in [3.8, 4) is 0 Å². The first-order valence-corrected chi connectivity index (χ1v) is 8.20. The third-order valence-electron chi connectivity index (χ3n) is 4.03. The van der Waals surface area contributed by atoms with Gasteiger partial charge in [0, 0.05) is 5.92 Å². The Labute approximate surface area is 123 Å². The predicted octanol–water partition coefficient (Wildman–Crippen LogP) is 5.74. The van der Waals surface area contributed by atoms with Crippen LogP contribution < -0.4 is 5.32 Å². The molecule has 1 aliphatic rings. The smallest absolute Gasteiger partial charge is 0.132 e. The van der Waals surface area contributed by atoms with Gasteiger partial charge in [-0.15, -0.1) is 0 Å². The Balaban J connectivity index is 1.63. The molecule has 1 aromatic rings. The van der Waals surface area contributed by atoms with Gasteiger partial charge in [0.15, 0.2) is 0 Å². The maximum atomic E-state index is 4.64. The summed E-state index contributed by atoms with van der Waals surface area (Å²) in [5, 5.41) is 4.64. The van der Waals surface area contributed by atoms with E-state index in [2.05, 4.69) is 24.2 Å². The highest BCUT2D eigenvalue weighted by molar-refractivity contribution is 5.97. The van der Waals surface area contributed by atoms with Gasteiger partial charge < -0.3 is 0 Å². The van der Waals surface area contributed by atoms with Crippen LogP contribution in [-0.2, 0) is 0 Å². The first kappa shape index (κ1) is 15.1. The van der Waals surface area contributed by atoms with Gasteiger partial charge in [0.1, 0.15) is 5.84 Å². The van der Waals surface area contributed by atoms with Gasteiger partial charge in [-0.05, 0) is 18.6 Å². The van der Waals surface area contributed by atoms with Crippen molar-refractivity contribution in [2.24, 2.45) is 10.9 Å². The molecule has 2 nitrogen and oxygen atoms in total. The van der Waals surface area contributed by atoms with Crippen molar-refractivity contribution in [3.05, 3.63) is 24.3 Å². The van der Waals surface area contributed by atoms with Gasteiger partial charge in [-0.2, -0.15) is 0 Å². The van der Waals surface area contributed by atoms with Gasteiger partial charge in [0.25, 0.3) is 0 Å². The fourth-order valence-electron chi connectivity index (χ4n) is 2.68. The molecule has 2 heteroatoms. The van der Waals surface area contributed by atoms with E-state index in [0.717, 1.165) is 17.2 Å². The van der Waals surface area contributed by atoms with E-state index in [1.165, 1.54) is 51.4 Å². The van der Waals surface area contributed by atoms with Crippen molar-refractivity contribution in [3.63, 3.8) is 0 Å². The van der Waals surface area contributed by atoms with Crippen LogP contribution in [-0.4, -0.2) is 5.84 Å². The quantitative estimate of drug-likeness (QED) is 0.512. The number of unbranched alkanes of at least 4 members (excludes halogenated alkanes) is 6. The lowest BCUT2D eigenvalue weighted by atomic mass is 10.0. The fourth-order valence-corrected chi connectivity index (χ4v) is 2.68. The summed E-state index contributed by atoms with van der Waals surface area (Å²) in [5.74, 6) is 1.51. The zero-order valence-electron chi connectivity index (χ0n) is 12.9. The fraction of sp³-hybridized carbons (Fsp3) is 0.611. The van der Waals surface area contributed by atoms with E-state index in [0.29, 0.717) is 5.92 Å². The first-order valence-electron chi connectivity index (χ1n) is 8.20. The Morgan fingerprint density at radius 2 is 1.55 bits per heavy atom. The normalized spacial score (nSPS) is 14.6. The second-order valence-corrected chi connectivity index (χ2v) is 5.88. The molecule has 0 amide bonds. The van der Waals surface area contributed by atoms with Crippen LogP contribution in [0.1, 0.15) is 65.2 Å². The summed E-state index contributed by atoms with van der Waals surface area (Å²) in [6, 6.07) is 8.15. The number of nitrogens with zero attached hydrogens (tertiary/aromatic N) is 2. The van der Waals surface area contributed by atoms with Crippen LogP contribution in [0.4, 0.5) is 11.4 Å². The lowest BCUT2D eigenvalue weighted by Gasteiger charge is -2.10. The van der Waals surface area contributed by atoms with E-state index in [4.69, 9.17) is 0 Å². The van der Waals surface area contributed by atoms with Crippen LogP contribution in [0, 0.1) is 5.92 Å². The van der Waals surface area contributed by atoms with Gasteiger partial charge in [-0.3, -0.25) is 0 Å². The molecule has 1 unspecified atom stereocenters. The molecule has 0 fully saturated rings. The molecule has 0 aliphatic carbocycles. The highest BCUT2D eigenvalue weighted by Gasteiger charge is 2.19. The molecule has 2 rings (SSSR count). The molecule has 0 saturated heterocycles. The molecule has 1 radical (unpaired) electrons. The number of aliphatic imine (C=N–C) groups is 1. The van der Waals surface area contributed by atoms with E-state index < -0.39 is 0 Å². The maximum absolute atomic E-state index is 4.64. The number of amidine groups is 1. The number of benzene rings is 1. The molecule has 0 bridgehead atoms. The topological polar surface area (TPSA) is 26.5 Å². The first-order chi connectivity index (χ1) is 9.81. The SMILES string of the molecule is CCCCCCCCCC(C)C1=Nc2ccccc2[N]1. The molecular formula is C18H27N2. The van der Waals surface area contributed by atoms with E-state index in [1.54, 1.807) is 0 Å². The van der Waals surface area contributed by atoms with E-state index >= 15 is 0 Å². The molecule has 1 atom stereocenters. The van der Waals surface area contributed by atoms with E-state index in [-0.39, 0.29) is 0 Å². The minimum absolute atomic E-state index is 0.484. The van der Waals surface area contributed by atoms with Gasteiger partial charge in [0.05, 0.1) is 11.4 Å². The number of hydrogen-bond acceptors (Lipinski definition) is 1. The monoisotopic (exact) mass is 271 g/mol. The molecule has 109 valence electrons. The third-order valence-corrected chi connectivity index (χ3v) is 4.03. The van der Waals surface area contributed by atoms with Gasteiger partial charge in [-0.25, -0.2) is 10.3 Å². The van der Waals surface area contributed by atoms with Gasteiger partial charge >= 0.3 is 0 Å². The van der Waals surface area contributed by atoms with Crippen LogP contribution in [0.3, 0.4) is 0 Å². The van der Waals surface area contributed by atoms with Crippen molar-refractivity contribution in [1.82, 2.24) is 5.32 Å². The molecule has 0 aromatic heterocycles.